The summed E-state index contributed by atoms with van der Waals surface area (Å²) in [7, 11) is 0. The summed E-state index contributed by atoms with van der Waals surface area (Å²) in [4.78, 5) is 0.712. The Morgan fingerprint density at radius 2 is 1.70 bits per heavy atom. The van der Waals surface area contributed by atoms with Gasteiger partial charge in [0, 0.05) is 10.6 Å². The third-order valence-electron chi connectivity index (χ3n) is 4.19. The third-order valence-corrected chi connectivity index (χ3v) is 5.39. The first-order chi connectivity index (χ1) is 13.2. The van der Waals surface area contributed by atoms with Gasteiger partial charge in [-0.25, -0.2) is 4.68 Å². The van der Waals surface area contributed by atoms with Crippen LogP contribution >= 0.6 is 22.9 Å². The Morgan fingerprint density at radius 1 is 0.926 bits per heavy atom. The van der Waals surface area contributed by atoms with E-state index in [1.54, 1.807) is 9.20 Å². The van der Waals surface area contributed by atoms with Crippen LogP contribution in [0, 0.1) is 6.92 Å². The fraction of sp³-hybridized carbons (Fsp3) is 0.0556. The van der Waals surface area contributed by atoms with Gasteiger partial charge in [0.25, 0.3) is 0 Å². The Balaban J connectivity index is 1.60. The van der Waals surface area contributed by atoms with Crippen molar-refractivity contribution in [3.63, 3.8) is 0 Å². The van der Waals surface area contributed by atoms with Gasteiger partial charge in [-0.2, -0.15) is 9.61 Å². The summed E-state index contributed by atoms with van der Waals surface area (Å²) in [5.41, 5.74) is 3.41. The molecule has 0 unspecified atom stereocenters. The van der Waals surface area contributed by atoms with Gasteiger partial charge in [-0.05, 0) is 31.2 Å². The van der Waals surface area contributed by atoms with Crippen LogP contribution in [0.4, 0.5) is 0 Å². The molecule has 132 valence electrons. The molecule has 0 spiro atoms. The smallest absolute Gasteiger partial charge is 0.217 e. The van der Waals surface area contributed by atoms with E-state index in [4.69, 9.17) is 11.6 Å². The van der Waals surface area contributed by atoms with Gasteiger partial charge < -0.3 is 0 Å². The Morgan fingerprint density at radius 3 is 2.48 bits per heavy atom. The lowest BCUT2D eigenvalue weighted by Gasteiger charge is -2.03. The van der Waals surface area contributed by atoms with Crippen molar-refractivity contribution in [2.45, 2.75) is 6.92 Å². The maximum Gasteiger partial charge on any atom is 0.235 e. The third kappa shape index (κ3) is 2.70. The first kappa shape index (κ1) is 16.1. The summed E-state index contributed by atoms with van der Waals surface area (Å²) in [5.74, 6) is 0.571. The molecule has 0 N–H and O–H groups in total. The minimum atomic E-state index is 0.571. The molecule has 0 aliphatic heterocycles. The second-order valence-electron chi connectivity index (χ2n) is 5.90. The predicted molar refractivity (Wildman–Crippen MR) is 104 cm³/mol. The summed E-state index contributed by atoms with van der Waals surface area (Å²) < 4.78 is 3.47. The fourth-order valence-corrected chi connectivity index (χ4v) is 3.80. The van der Waals surface area contributed by atoms with Crippen molar-refractivity contribution in [3.8, 4) is 27.8 Å². The van der Waals surface area contributed by atoms with Crippen molar-refractivity contribution >= 4 is 27.9 Å². The van der Waals surface area contributed by atoms with E-state index in [2.05, 4.69) is 25.6 Å². The highest BCUT2D eigenvalue weighted by molar-refractivity contribution is 7.19. The quantitative estimate of drug-likeness (QED) is 0.462. The molecule has 0 amide bonds. The van der Waals surface area contributed by atoms with Crippen LogP contribution in [0.2, 0.25) is 5.02 Å². The zero-order valence-corrected chi connectivity index (χ0v) is 15.7. The molecule has 0 aliphatic rings. The van der Waals surface area contributed by atoms with E-state index in [9.17, 15) is 0 Å². The summed E-state index contributed by atoms with van der Waals surface area (Å²) in [5, 5.41) is 23.3. The molecule has 0 saturated carbocycles. The van der Waals surface area contributed by atoms with Crippen molar-refractivity contribution in [2.75, 3.05) is 0 Å². The zero-order valence-electron chi connectivity index (χ0n) is 14.1. The number of hydrogen-bond donors (Lipinski definition) is 0. The van der Waals surface area contributed by atoms with Crippen molar-refractivity contribution in [1.29, 1.82) is 0 Å². The molecule has 3 aromatic heterocycles. The van der Waals surface area contributed by atoms with Crippen LogP contribution in [0.5, 0.6) is 0 Å². The molecule has 0 aliphatic carbocycles. The number of aromatic nitrogens is 7. The Labute approximate surface area is 162 Å². The first-order valence-electron chi connectivity index (χ1n) is 8.17. The number of halogens is 1. The molecule has 0 atom stereocenters. The van der Waals surface area contributed by atoms with E-state index in [1.807, 2.05) is 61.5 Å². The summed E-state index contributed by atoms with van der Waals surface area (Å²) in [6.07, 6.45) is 0. The topological polar surface area (TPSA) is 73.8 Å². The van der Waals surface area contributed by atoms with Crippen molar-refractivity contribution in [1.82, 2.24) is 34.8 Å². The van der Waals surface area contributed by atoms with Gasteiger partial charge in [-0.1, -0.05) is 58.5 Å². The molecule has 0 fully saturated rings. The minimum absolute atomic E-state index is 0.571. The number of hydrogen-bond acceptors (Lipinski definition) is 6. The van der Waals surface area contributed by atoms with Gasteiger partial charge in [0.2, 0.25) is 10.8 Å². The lowest BCUT2D eigenvalue weighted by molar-refractivity contribution is 0.785. The van der Waals surface area contributed by atoms with Gasteiger partial charge >= 0.3 is 0 Å². The molecular weight excluding hydrogens is 382 g/mol. The van der Waals surface area contributed by atoms with E-state index in [0.29, 0.717) is 21.5 Å². The van der Waals surface area contributed by atoms with Crippen molar-refractivity contribution in [3.05, 3.63) is 65.3 Å². The minimum Gasteiger partial charge on any atom is -0.217 e. The van der Waals surface area contributed by atoms with E-state index in [1.165, 1.54) is 11.3 Å². The van der Waals surface area contributed by atoms with Crippen molar-refractivity contribution < 1.29 is 0 Å². The van der Waals surface area contributed by atoms with Gasteiger partial charge in [0.1, 0.15) is 5.01 Å². The number of benzene rings is 2. The molecule has 5 aromatic rings. The molecule has 0 radical (unpaired) electrons. The maximum absolute atomic E-state index is 5.97. The van der Waals surface area contributed by atoms with Gasteiger partial charge in [0.15, 0.2) is 5.69 Å². The Bertz CT molecular complexity index is 1240. The molecule has 27 heavy (non-hydrogen) atoms. The molecule has 9 heteroatoms. The summed E-state index contributed by atoms with van der Waals surface area (Å²) >= 11 is 7.45. The van der Waals surface area contributed by atoms with E-state index in [0.717, 1.165) is 22.0 Å². The number of rotatable bonds is 3. The average molecular weight is 394 g/mol. The lowest BCUT2D eigenvalue weighted by atomic mass is 10.2. The zero-order chi connectivity index (χ0) is 18.4. The van der Waals surface area contributed by atoms with Crippen LogP contribution < -0.4 is 0 Å². The molecular formula is C18H12ClN7S. The van der Waals surface area contributed by atoms with E-state index < -0.39 is 0 Å². The van der Waals surface area contributed by atoms with Gasteiger partial charge in [0.05, 0.1) is 11.4 Å². The van der Waals surface area contributed by atoms with Crippen LogP contribution in [0.3, 0.4) is 0 Å². The second-order valence-corrected chi connectivity index (χ2v) is 7.30. The normalized spacial score (nSPS) is 11.3. The summed E-state index contributed by atoms with van der Waals surface area (Å²) in [6, 6.07) is 17.4. The molecule has 2 aromatic carbocycles. The molecule has 5 rings (SSSR count). The highest BCUT2D eigenvalue weighted by Gasteiger charge is 2.20. The van der Waals surface area contributed by atoms with E-state index >= 15 is 0 Å². The highest BCUT2D eigenvalue weighted by Crippen LogP contribution is 2.28. The first-order valence-corrected chi connectivity index (χ1v) is 9.36. The number of nitrogens with zero attached hydrogens (tertiary/aromatic N) is 7. The van der Waals surface area contributed by atoms with Crippen LogP contribution in [0.25, 0.3) is 32.7 Å². The molecule has 0 saturated heterocycles. The fourth-order valence-electron chi connectivity index (χ4n) is 2.83. The van der Waals surface area contributed by atoms with Gasteiger partial charge in [-0.15, -0.1) is 15.3 Å². The second kappa shape index (κ2) is 6.26. The van der Waals surface area contributed by atoms with Crippen LogP contribution in [-0.2, 0) is 0 Å². The molecule has 7 nitrogen and oxygen atoms in total. The molecule has 0 bridgehead atoms. The predicted octanol–water partition coefficient (Wildman–Crippen LogP) is 4.06. The van der Waals surface area contributed by atoms with E-state index in [-0.39, 0.29) is 0 Å². The number of fused-ring (bicyclic) bond motifs is 1. The van der Waals surface area contributed by atoms with Crippen LogP contribution in [-0.4, -0.2) is 34.8 Å². The Hall–Kier alpha value is -3.10. The monoisotopic (exact) mass is 393 g/mol. The largest absolute Gasteiger partial charge is 0.235 e. The van der Waals surface area contributed by atoms with Crippen LogP contribution in [0.1, 0.15) is 5.69 Å². The lowest BCUT2D eigenvalue weighted by Crippen LogP contribution is -1.99. The van der Waals surface area contributed by atoms with Crippen molar-refractivity contribution in [2.24, 2.45) is 0 Å². The summed E-state index contributed by atoms with van der Waals surface area (Å²) in [6.45, 7) is 1.94. The standard InChI is InChI=1S/C18H12ClN7S/c1-11-15(20-24-25(11)14-9-7-13(19)8-10-14)16-21-22-18-26(16)23-17(27-18)12-5-3-2-4-6-12/h2-10H,1H3. The maximum atomic E-state index is 5.97. The van der Waals surface area contributed by atoms with Gasteiger partial charge in [-0.3, -0.25) is 0 Å². The Kier molecular flexibility index (Phi) is 3.73. The average Bonchev–Trinajstić information content (AvgIpc) is 3.38. The molecule has 3 heterocycles. The SMILES string of the molecule is Cc1c(-c2nnc3sc(-c4ccccc4)nn23)nnn1-c1ccc(Cl)cc1. The highest BCUT2D eigenvalue weighted by atomic mass is 35.5. The van der Waals surface area contributed by atoms with Crippen LogP contribution in [0.15, 0.2) is 54.6 Å².